The van der Waals surface area contributed by atoms with E-state index in [2.05, 4.69) is 52.6 Å². The van der Waals surface area contributed by atoms with E-state index in [1.807, 2.05) is 0 Å². The van der Waals surface area contributed by atoms with Crippen molar-refractivity contribution in [2.45, 2.75) is 0 Å². The number of rotatable bonds is 0. The van der Waals surface area contributed by atoms with Crippen molar-refractivity contribution < 1.29 is 73.5 Å². The van der Waals surface area contributed by atoms with Gasteiger partial charge in [0.05, 0.1) is 0 Å². The predicted octanol–water partition coefficient (Wildman–Crippen LogP) is -3.84. The van der Waals surface area contributed by atoms with Crippen LogP contribution in [0.4, 0.5) is 11.4 Å². The van der Waals surface area contributed by atoms with Gasteiger partial charge in [-0.25, -0.2) is 0 Å². The molecule has 0 amide bonds. The smallest absolute Gasteiger partial charge is 0.813 e. The van der Waals surface area contributed by atoms with Gasteiger partial charge in [0.25, 0.3) is 0 Å². The van der Waals surface area contributed by atoms with Crippen LogP contribution in [0.25, 0.3) is 0 Å². The van der Waals surface area contributed by atoms with Crippen LogP contribution in [0.15, 0.2) is 76.9 Å². The molecule has 0 saturated carbocycles. The van der Waals surface area contributed by atoms with Crippen LogP contribution in [0.1, 0.15) is 0 Å². The average molecular weight is 346 g/mol. The number of hydrogen-bond acceptors (Lipinski definition) is 5. The van der Waals surface area contributed by atoms with E-state index >= 15 is 0 Å². The van der Waals surface area contributed by atoms with Gasteiger partial charge in [-0.15, -0.1) is 52.6 Å². The summed E-state index contributed by atoms with van der Waals surface area (Å²) in [6, 6.07) is 7.09. The fraction of sp³-hybridized carbons (Fsp3) is 0. The van der Waals surface area contributed by atoms with Gasteiger partial charge in [0, 0.05) is 11.4 Å². The molecule has 1 rings (SSSR count). The second kappa shape index (κ2) is 49.7. The second-order valence-corrected chi connectivity index (χ2v) is 2.42. The normalized spacial score (nSPS) is 5.59. The molecule has 0 fully saturated rings. The maximum atomic E-state index is 8.52. The van der Waals surface area contributed by atoms with Crippen LogP contribution in [0.2, 0.25) is 0 Å². The fourth-order valence-electron chi connectivity index (χ4n) is 0.496. The Labute approximate surface area is 180 Å². The van der Waals surface area contributed by atoms with Crippen molar-refractivity contribution in [3.05, 3.63) is 76.9 Å². The minimum Gasteiger partial charge on any atom is -0.813 e. The van der Waals surface area contributed by atoms with Gasteiger partial charge in [0.2, 0.25) is 0 Å². The van der Waals surface area contributed by atoms with Gasteiger partial charge in [0.1, 0.15) is 0 Å². The van der Waals surface area contributed by atoms with E-state index in [0.717, 1.165) is 11.4 Å². The zero-order valence-corrected chi connectivity index (χ0v) is 18.8. The van der Waals surface area contributed by atoms with Crippen molar-refractivity contribution in [1.29, 1.82) is 0 Å². The van der Waals surface area contributed by atoms with E-state index in [9.17, 15) is 0 Å². The van der Waals surface area contributed by atoms with Crippen LogP contribution < -0.4 is 80.4 Å². The first-order valence-electron chi connectivity index (χ1n) is 5.01. The van der Waals surface area contributed by atoms with Crippen molar-refractivity contribution >= 4 is 19.6 Å². The summed E-state index contributed by atoms with van der Waals surface area (Å²) in [4.78, 5) is 17.0. The minimum atomic E-state index is -3.63. The zero-order chi connectivity index (χ0) is 17.6. The topological polar surface area (TPSA) is 115 Å². The van der Waals surface area contributed by atoms with Crippen molar-refractivity contribution in [1.82, 2.24) is 0 Å². The van der Waals surface area contributed by atoms with E-state index < -0.39 is 8.25 Å². The Hall–Kier alpha value is -0.0700. The van der Waals surface area contributed by atoms with Crippen LogP contribution in [0.3, 0.4) is 0 Å². The third-order valence-corrected chi connectivity index (χ3v) is 0.936. The molecule has 0 bridgehead atoms. The molecule has 8 heteroatoms. The van der Waals surface area contributed by atoms with Gasteiger partial charge in [-0.2, -0.15) is 0 Å². The summed E-state index contributed by atoms with van der Waals surface area (Å²) in [6.45, 7) is 24.0. The Bertz CT molecular complexity index is 282. The number of hydrogen-bond donors (Lipinski definition) is 2. The monoisotopic (exact) mass is 346 g/mol. The van der Waals surface area contributed by atoms with Crippen LogP contribution in [-0.2, 0) is 4.57 Å². The Balaban J connectivity index is -0.0000000281. The maximum Gasteiger partial charge on any atom is 1.00 e. The molecule has 116 valence electrons. The van der Waals surface area contributed by atoms with E-state index in [0.29, 0.717) is 0 Å². The van der Waals surface area contributed by atoms with E-state index in [-0.39, 0.29) is 59.1 Å². The molecule has 0 radical (unpaired) electrons. The first-order chi connectivity index (χ1) is 9.52. The Kier molecular flexibility index (Phi) is 97.4. The molecule has 0 unspecified atom stereocenters. The molecular weight excluding hydrogens is 321 g/mol. The van der Waals surface area contributed by atoms with Crippen molar-refractivity contribution in [2.24, 2.45) is 0 Å². The molecule has 5 nitrogen and oxygen atoms in total. The molecule has 0 spiro atoms. The summed E-state index contributed by atoms with van der Waals surface area (Å²) in [6.07, 6.45) is 0. The summed E-state index contributed by atoms with van der Waals surface area (Å²) < 4.78 is 8.52. The molecule has 1 aromatic rings. The van der Waals surface area contributed by atoms with E-state index in [4.69, 9.17) is 25.8 Å². The van der Waals surface area contributed by atoms with Crippen molar-refractivity contribution in [3.8, 4) is 0 Å². The molecule has 0 atom stereocenters. The summed E-state index contributed by atoms with van der Waals surface area (Å²) in [5, 5.41) is 0. The zero-order valence-electron chi connectivity index (χ0n) is 13.8. The molecule has 0 aliphatic rings. The van der Waals surface area contributed by atoms with Gasteiger partial charge < -0.3 is 25.8 Å². The van der Waals surface area contributed by atoms with Crippen LogP contribution in [0.5, 0.6) is 0 Å². The SMILES string of the molecule is C=C.C=C.C=C.C=C.Nc1ccc(N)cc1.O=[PH]([O-])[O-].[Na+].[Na+]. The second-order valence-electron chi connectivity index (χ2n) is 1.92. The third kappa shape index (κ3) is 72.4. The molecule has 22 heavy (non-hydrogen) atoms. The van der Waals surface area contributed by atoms with Crippen molar-refractivity contribution in [3.63, 3.8) is 0 Å². The number of anilines is 2. The summed E-state index contributed by atoms with van der Waals surface area (Å²) in [5.41, 5.74) is 12.2. The number of benzene rings is 1. The first-order valence-corrected chi connectivity index (χ1v) is 6.24. The average Bonchev–Trinajstić information content (AvgIpc) is 2.50. The minimum absolute atomic E-state index is 0. The van der Waals surface area contributed by atoms with Crippen LogP contribution in [0, 0.1) is 0 Å². The first kappa shape index (κ1) is 43.1. The molecule has 0 aromatic heterocycles. The van der Waals surface area contributed by atoms with Gasteiger partial charge in [-0.3, -0.25) is 0 Å². The summed E-state index contributed by atoms with van der Waals surface area (Å²) >= 11 is 0. The third-order valence-electron chi connectivity index (χ3n) is 0.936. The van der Waals surface area contributed by atoms with E-state index in [1.165, 1.54) is 0 Å². The van der Waals surface area contributed by atoms with Gasteiger partial charge in [-0.05, 0) is 24.3 Å². The van der Waals surface area contributed by atoms with Gasteiger partial charge >= 0.3 is 59.1 Å². The molecular formula is C14H25N2Na2O3P. The maximum absolute atomic E-state index is 8.52. The van der Waals surface area contributed by atoms with Crippen LogP contribution >= 0.6 is 8.25 Å². The number of nitrogens with two attached hydrogens (primary N) is 2. The summed E-state index contributed by atoms with van der Waals surface area (Å²) in [5.74, 6) is 0. The van der Waals surface area contributed by atoms with Gasteiger partial charge in [0.15, 0.2) is 0 Å². The Morgan fingerprint density at radius 1 is 0.682 bits per heavy atom. The fourth-order valence-corrected chi connectivity index (χ4v) is 0.496. The standard InChI is InChI=1S/C6H8N2.4C2H4.2Na.H3O3P/c7-5-1-2-6(8)4-3-5;4*1-2;;;1-4(2)3/h1-4H,7-8H2;4*1-2H2;;;4H,(H2,1,2,3)/q;;;;;2*+1;/p-2. The van der Waals surface area contributed by atoms with E-state index in [1.54, 1.807) is 24.3 Å². The van der Waals surface area contributed by atoms with Gasteiger partial charge in [-0.1, -0.05) is 8.25 Å². The number of nitrogen functional groups attached to an aromatic ring is 2. The largest absolute Gasteiger partial charge is 1.00 e. The molecule has 0 saturated heterocycles. The Morgan fingerprint density at radius 3 is 0.864 bits per heavy atom. The summed E-state index contributed by atoms with van der Waals surface area (Å²) in [7, 11) is -3.63. The van der Waals surface area contributed by atoms with Crippen molar-refractivity contribution in [2.75, 3.05) is 11.5 Å². The quantitative estimate of drug-likeness (QED) is 0.216. The predicted molar refractivity (Wildman–Crippen MR) is 89.3 cm³/mol. The molecule has 0 aliphatic heterocycles. The Morgan fingerprint density at radius 2 is 0.773 bits per heavy atom. The molecule has 0 aliphatic carbocycles. The molecule has 1 aromatic carbocycles. The molecule has 0 heterocycles. The van der Waals surface area contributed by atoms with Crippen LogP contribution in [-0.4, -0.2) is 0 Å². The molecule has 4 N–H and O–H groups in total.